The highest BCUT2D eigenvalue weighted by Gasteiger charge is 2.11. The molecule has 1 aromatic heterocycles. The molecule has 3 heteroatoms. The first-order valence-corrected chi connectivity index (χ1v) is 6.46. The molecule has 0 fully saturated rings. The topological polar surface area (TPSA) is 28.7 Å². The van der Waals surface area contributed by atoms with Gasteiger partial charge in [0.05, 0.1) is 11.1 Å². The fourth-order valence-electron chi connectivity index (χ4n) is 2.11. The lowest BCUT2D eigenvalue weighted by Gasteiger charge is -2.08. The first-order valence-electron chi connectivity index (χ1n) is 5.67. The summed E-state index contributed by atoms with van der Waals surface area (Å²) in [6, 6.07) is 8.17. The van der Waals surface area contributed by atoms with Crippen molar-refractivity contribution in [1.29, 1.82) is 5.26 Å². The number of nitrogens with zero attached hydrogens (tertiary/aromatic N) is 2. The first kappa shape index (κ1) is 12.7. The monoisotopic (exact) mass is 300 g/mol. The van der Waals surface area contributed by atoms with Crippen molar-refractivity contribution in [3.8, 4) is 6.07 Å². The second-order valence-corrected chi connectivity index (χ2v) is 4.92. The molecule has 0 bridgehead atoms. The number of aryl methyl sites for hydroxylation is 1. The summed E-state index contributed by atoms with van der Waals surface area (Å²) in [5.41, 5.74) is 2.68. The van der Waals surface area contributed by atoms with Gasteiger partial charge in [0.1, 0.15) is 6.07 Å². The third kappa shape index (κ3) is 2.12. The zero-order valence-electron chi connectivity index (χ0n) is 9.99. The molecule has 0 atom stereocenters. The lowest BCUT2D eigenvalue weighted by atomic mass is 10.1. The third-order valence-electron chi connectivity index (χ3n) is 2.88. The highest BCUT2D eigenvalue weighted by atomic mass is 79.9. The fourth-order valence-corrected chi connectivity index (χ4v) is 2.59. The normalized spacial score (nSPS) is 10.2. The lowest BCUT2D eigenvalue weighted by molar-refractivity contribution is 0.732. The maximum Gasteiger partial charge on any atom is 0.101 e. The Morgan fingerprint density at radius 1 is 1.33 bits per heavy atom. The average Bonchev–Trinajstić information content (AvgIpc) is 2.72. The number of aromatic nitrogens is 1. The first-order chi connectivity index (χ1) is 8.71. The molecule has 0 saturated heterocycles. The van der Waals surface area contributed by atoms with Gasteiger partial charge in [0.25, 0.3) is 0 Å². The SMILES string of the molecule is C=CCCn1c(C=C)cc2cc(Br)cc(C#N)c21. The van der Waals surface area contributed by atoms with Crippen LogP contribution in [0.4, 0.5) is 0 Å². The highest BCUT2D eigenvalue weighted by molar-refractivity contribution is 9.10. The largest absolute Gasteiger partial charge is 0.340 e. The van der Waals surface area contributed by atoms with Gasteiger partial charge in [0.15, 0.2) is 0 Å². The van der Waals surface area contributed by atoms with E-state index < -0.39 is 0 Å². The number of rotatable bonds is 4. The Bertz CT molecular complexity index is 659. The van der Waals surface area contributed by atoms with Gasteiger partial charge in [-0.15, -0.1) is 6.58 Å². The van der Waals surface area contributed by atoms with Crippen LogP contribution in [-0.2, 0) is 6.54 Å². The number of nitriles is 1. The summed E-state index contributed by atoms with van der Waals surface area (Å²) in [7, 11) is 0. The standard InChI is InChI=1S/C15H13BrN2/c1-3-5-6-18-14(4-2)9-11-7-13(16)8-12(10-17)15(11)18/h3-4,7-9H,1-2,5-6H2. The van der Waals surface area contributed by atoms with Crippen molar-refractivity contribution in [2.75, 3.05) is 0 Å². The number of hydrogen-bond acceptors (Lipinski definition) is 1. The molecule has 0 aliphatic carbocycles. The van der Waals surface area contributed by atoms with Gasteiger partial charge in [-0.05, 0) is 30.7 Å². The minimum absolute atomic E-state index is 0.677. The van der Waals surface area contributed by atoms with Crippen LogP contribution in [0.5, 0.6) is 0 Å². The van der Waals surface area contributed by atoms with E-state index in [0.29, 0.717) is 5.56 Å². The highest BCUT2D eigenvalue weighted by Crippen LogP contribution is 2.28. The van der Waals surface area contributed by atoms with E-state index in [1.165, 1.54) is 0 Å². The quantitative estimate of drug-likeness (QED) is 0.765. The molecule has 0 N–H and O–H groups in total. The van der Waals surface area contributed by atoms with Gasteiger partial charge in [-0.3, -0.25) is 0 Å². The van der Waals surface area contributed by atoms with Crippen LogP contribution < -0.4 is 0 Å². The van der Waals surface area contributed by atoms with Gasteiger partial charge in [-0.1, -0.05) is 28.6 Å². The lowest BCUT2D eigenvalue weighted by Crippen LogP contribution is -2.00. The van der Waals surface area contributed by atoms with Crippen LogP contribution in [0.2, 0.25) is 0 Å². The third-order valence-corrected chi connectivity index (χ3v) is 3.33. The van der Waals surface area contributed by atoms with E-state index >= 15 is 0 Å². The van der Waals surface area contributed by atoms with Crippen molar-refractivity contribution < 1.29 is 0 Å². The molecule has 2 aromatic rings. The van der Waals surface area contributed by atoms with Gasteiger partial charge in [0, 0.05) is 22.1 Å². The summed E-state index contributed by atoms with van der Waals surface area (Å²) >= 11 is 3.43. The Morgan fingerprint density at radius 2 is 2.11 bits per heavy atom. The smallest absolute Gasteiger partial charge is 0.101 e. The van der Waals surface area contributed by atoms with Gasteiger partial charge in [-0.2, -0.15) is 5.26 Å². The van der Waals surface area contributed by atoms with Gasteiger partial charge in [-0.25, -0.2) is 0 Å². The molecule has 90 valence electrons. The van der Waals surface area contributed by atoms with Gasteiger partial charge < -0.3 is 4.57 Å². The van der Waals surface area contributed by atoms with Crippen LogP contribution in [0.1, 0.15) is 17.7 Å². The Balaban J connectivity index is 2.76. The van der Waals surface area contributed by atoms with Crippen molar-refractivity contribution in [2.45, 2.75) is 13.0 Å². The van der Waals surface area contributed by atoms with E-state index in [1.807, 2.05) is 24.3 Å². The molecule has 0 radical (unpaired) electrons. The zero-order valence-corrected chi connectivity index (χ0v) is 11.6. The van der Waals surface area contributed by atoms with E-state index in [9.17, 15) is 5.26 Å². The molecular formula is C15H13BrN2. The zero-order chi connectivity index (χ0) is 13.1. The summed E-state index contributed by atoms with van der Waals surface area (Å²) in [6.07, 6.45) is 4.56. The van der Waals surface area contributed by atoms with Crippen LogP contribution >= 0.6 is 15.9 Å². The van der Waals surface area contributed by atoms with E-state index in [-0.39, 0.29) is 0 Å². The minimum Gasteiger partial charge on any atom is -0.340 e. The Labute approximate surface area is 115 Å². The van der Waals surface area contributed by atoms with E-state index in [4.69, 9.17) is 0 Å². The summed E-state index contributed by atoms with van der Waals surface area (Å²) in [6.45, 7) is 8.38. The Morgan fingerprint density at radius 3 is 2.72 bits per heavy atom. The molecule has 2 nitrogen and oxygen atoms in total. The average molecular weight is 301 g/mol. The van der Waals surface area contributed by atoms with Crippen molar-refractivity contribution in [3.05, 3.63) is 53.2 Å². The van der Waals surface area contributed by atoms with Crippen LogP contribution in [0, 0.1) is 11.3 Å². The summed E-state index contributed by atoms with van der Waals surface area (Å²) in [5, 5.41) is 10.3. The number of halogens is 1. The number of hydrogen-bond donors (Lipinski definition) is 0. The van der Waals surface area contributed by atoms with Gasteiger partial charge in [0.2, 0.25) is 0 Å². The summed E-state index contributed by atoms with van der Waals surface area (Å²) in [5.74, 6) is 0. The molecule has 0 aliphatic heterocycles. The Kier molecular flexibility index (Phi) is 3.69. The molecule has 1 aromatic carbocycles. The van der Waals surface area contributed by atoms with Crippen molar-refractivity contribution in [2.24, 2.45) is 0 Å². The number of fused-ring (bicyclic) bond motifs is 1. The van der Waals surface area contributed by atoms with E-state index in [1.54, 1.807) is 0 Å². The van der Waals surface area contributed by atoms with Crippen molar-refractivity contribution in [3.63, 3.8) is 0 Å². The molecule has 0 saturated carbocycles. The van der Waals surface area contributed by atoms with Crippen LogP contribution in [0.15, 0.2) is 41.9 Å². The molecule has 0 unspecified atom stereocenters. The second-order valence-electron chi connectivity index (χ2n) is 4.01. The van der Waals surface area contributed by atoms with E-state index in [2.05, 4.69) is 45.8 Å². The maximum absolute atomic E-state index is 9.26. The molecule has 2 rings (SSSR count). The molecule has 0 aliphatic rings. The molecular weight excluding hydrogens is 288 g/mol. The molecule has 0 spiro atoms. The molecule has 18 heavy (non-hydrogen) atoms. The fraction of sp³-hybridized carbons (Fsp3) is 0.133. The second kappa shape index (κ2) is 5.24. The number of benzene rings is 1. The van der Waals surface area contributed by atoms with Crippen LogP contribution in [0.3, 0.4) is 0 Å². The van der Waals surface area contributed by atoms with Crippen molar-refractivity contribution >= 4 is 32.9 Å². The van der Waals surface area contributed by atoms with Crippen LogP contribution in [-0.4, -0.2) is 4.57 Å². The van der Waals surface area contributed by atoms with E-state index in [0.717, 1.165) is 34.0 Å². The van der Waals surface area contributed by atoms with Gasteiger partial charge >= 0.3 is 0 Å². The predicted molar refractivity (Wildman–Crippen MR) is 79.3 cm³/mol. The molecule has 1 heterocycles. The summed E-state index contributed by atoms with van der Waals surface area (Å²) in [4.78, 5) is 0. The predicted octanol–water partition coefficient (Wildman–Crippen LogP) is 4.49. The van der Waals surface area contributed by atoms with Crippen molar-refractivity contribution in [1.82, 2.24) is 4.57 Å². The van der Waals surface area contributed by atoms with Crippen LogP contribution in [0.25, 0.3) is 17.0 Å². The Hall–Kier alpha value is -1.79. The summed E-state index contributed by atoms with van der Waals surface area (Å²) < 4.78 is 3.04. The minimum atomic E-state index is 0.677. The maximum atomic E-state index is 9.26. The molecule has 0 amide bonds. The number of allylic oxidation sites excluding steroid dienone is 1.